The standard InChI is InChI=1S/C26H22N6O2S/c1-17-24-21(13-23(33)30(17)15-19-11-12-27-16-28-19)31(14-18-7-3-2-4-8-18)32(25(24)34)26-29-20-9-5-6-10-22(20)35-26/h2-13,16,23,33H,14-15H2,1H3. The van der Waals surface area contributed by atoms with Gasteiger partial charge in [-0.3, -0.25) is 9.48 Å². The summed E-state index contributed by atoms with van der Waals surface area (Å²) in [7, 11) is 0. The molecule has 1 unspecified atom stereocenters. The van der Waals surface area contributed by atoms with Crippen molar-refractivity contribution in [2.45, 2.75) is 26.2 Å². The van der Waals surface area contributed by atoms with E-state index in [1.165, 1.54) is 17.7 Å². The third kappa shape index (κ3) is 3.74. The number of aromatic nitrogens is 5. The first-order chi connectivity index (χ1) is 17.1. The van der Waals surface area contributed by atoms with Gasteiger partial charge < -0.3 is 10.0 Å². The van der Waals surface area contributed by atoms with E-state index in [1.807, 2.05) is 66.2 Å². The van der Waals surface area contributed by atoms with Crippen LogP contribution in [0.2, 0.25) is 0 Å². The van der Waals surface area contributed by atoms with Crippen LogP contribution in [0.1, 0.15) is 18.2 Å². The molecule has 0 spiro atoms. The zero-order chi connectivity index (χ0) is 23.9. The Hall–Kier alpha value is -4.08. The Labute approximate surface area is 204 Å². The van der Waals surface area contributed by atoms with Crippen LogP contribution in [-0.2, 0) is 13.1 Å². The summed E-state index contributed by atoms with van der Waals surface area (Å²) in [5, 5.41) is 12.9. The number of aliphatic hydroxyl groups is 1. The smallest absolute Gasteiger partial charge is 0.283 e. The molecule has 0 saturated heterocycles. The number of thiazole rings is 1. The second-order valence-corrected chi connectivity index (χ2v) is 9.39. The number of rotatable bonds is 5. The van der Waals surface area contributed by atoms with Crippen LogP contribution in [0, 0.1) is 0 Å². The minimum atomic E-state index is -0.912. The molecule has 5 aromatic rings. The molecule has 6 rings (SSSR count). The minimum absolute atomic E-state index is 0.164. The van der Waals surface area contributed by atoms with Gasteiger partial charge in [0.1, 0.15) is 12.6 Å². The first-order valence-electron chi connectivity index (χ1n) is 11.2. The van der Waals surface area contributed by atoms with Crippen molar-refractivity contribution in [3.05, 3.63) is 105 Å². The van der Waals surface area contributed by atoms with Gasteiger partial charge in [0.2, 0.25) is 5.13 Å². The molecule has 1 atom stereocenters. The second kappa shape index (κ2) is 8.61. The predicted octanol–water partition coefficient (Wildman–Crippen LogP) is 1.83. The van der Waals surface area contributed by atoms with Gasteiger partial charge in [0.05, 0.1) is 39.6 Å². The van der Waals surface area contributed by atoms with Crippen LogP contribution >= 0.6 is 11.3 Å². The van der Waals surface area contributed by atoms with E-state index in [4.69, 9.17) is 4.98 Å². The molecule has 0 saturated carbocycles. The van der Waals surface area contributed by atoms with E-state index in [-0.39, 0.29) is 5.56 Å². The zero-order valence-corrected chi connectivity index (χ0v) is 19.8. The topological polar surface area (TPSA) is 89.1 Å². The number of fused-ring (bicyclic) bond motifs is 2. The van der Waals surface area contributed by atoms with E-state index in [0.29, 0.717) is 34.5 Å². The average Bonchev–Trinajstić information content (AvgIpc) is 3.41. The van der Waals surface area contributed by atoms with Gasteiger partial charge in [0.25, 0.3) is 5.56 Å². The van der Waals surface area contributed by atoms with Crippen LogP contribution in [0.15, 0.2) is 78.0 Å². The maximum Gasteiger partial charge on any atom is 0.283 e. The molecular formula is C26H22N6O2S. The van der Waals surface area contributed by atoms with Crippen molar-refractivity contribution in [3.8, 4) is 5.13 Å². The van der Waals surface area contributed by atoms with E-state index in [0.717, 1.165) is 21.5 Å². The van der Waals surface area contributed by atoms with Crippen molar-refractivity contribution in [1.82, 2.24) is 29.2 Å². The third-order valence-electron chi connectivity index (χ3n) is 6.22. The predicted molar refractivity (Wildman–Crippen MR) is 135 cm³/mol. The molecule has 8 nitrogen and oxygen atoms in total. The van der Waals surface area contributed by atoms with Crippen LogP contribution in [0.5, 0.6) is 0 Å². The van der Waals surface area contributed by atoms with Gasteiger partial charge in [0.15, 0.2) is 0 Å². The fourth-order valence-electron chi connectivity index (χ4n) is 4.50. The SMILES string of the molecule is CC1=c2c(n(Cc3ccccc3)n(-c3nc4ccccc4s3)c2=O)=CC(O)N1Cc1ccncn1. The summed E-state index contributed by atoms with van der Waals surface area (Å²) in [5.41, 5.74) is 3.18. The molecule has 174 valence electrons. The molecule has 1 N–H and O–H groups in total. The van der Waals surface area contributed by atoms with Crippen molar-refractivity contribution in [3.63, 3.8) is 0 Å². The number of nitrogens with zero attached hydrogens (tertiary/aromatic N) is 6. The van der Waals surface area contributed by atoms with Crippen LogP contribution in [0.25, 0.3) is 27.1 Å². The summed E-state index contributed by atoms with van der Waals surface area (Å²) < 4.78 is 4.57. The van der Waals surface area contributed by atoms with E-state index in [9.17, 15) is 9.90 Å². The maximum atomic E-state index is 14.0. The van der Waals surface area contributed by atoms with Crippen molar-refractivity contribution in [1.29, 1.82) is 0 Å². The molecule has 2 aromatic carbocycles. The average molecular weight is 483 g/mol. The van der Waals surface area contributed by atoms with Crippen molar-refractivity contribution >= 4 is 33.3 Å². The Kier molecular flexibility index (Phi) is 5.28. The fourth-order valence-corrected chi connectivity index (χ4v) is 5.47. The summed E-state index contributed by atoms with van der Waals surface area (Å²) in [5.74, 6) is 0. The molecule has 4 heterocycles. The molecule has 9 heteroatoms. The molecule has 0 bridgehead atoms. The van der Waals surface area contributed by atoms with Crippen LogP contribution in [-0.4, -0.2) is 40.5 Å². The summed E-state index contributed by atoms with van der Waals surface area (Å²) >= 11 is 1.47. The van der Waals surface area contributed by atoms with Gasteiger partial charge in [-0.15, -0.1) is 0 Å². The first kappa shape index (κ1) is 21.5. The molecule has 35 heavy (non-hydrogen) atoms. The van der Waals surface area contributed by atoms with Crippen molar-refractivity contribution in [2.24, 2.45) is 0 Å². The van der Waals surface area contributed by atoms with E-state index in [2.05, 4.69) is 9.97 Å². The molecule has 1 aliphatic rings. The first-order valence-corrected chi connectivity index (χ1v) is 12.1. The molecule has 0 fully saturated rings. The Morgan fingerprint density at radius 3 is 2.60 bits per heavy atom. The Morgan fingerprint density at radius 1 is 1.03 bits per heavy atom. The minimum Gasteiger partial charge on any atom is -0.370 e. The lowest BCUT2D eigenvalue weighted by Crippen LogP contribution is -2.49. The summed E-state index contributed by atoms with van der Waals surface area (Å²) in [6.07, 6.45) is 3.97. The zero-order valence-electron chi connectivity index (χ0n) is 18.9. The summed E-state index contributed by atoms with van der Waals surface area (Å²) in [4.78, 5) is 28.7. The summed E-state index contributed by atoms with van der Waals surface area (Å²) in [6, 6.07) is 19.6. The number of aliphatic hydroxyl groups excluding tert-OH is 1. The monoisotopic (exact) mass is 482 g/mol. The lowest BCUT2D eigenvalue weighted by atomic mass is 10.2. The van der Waals surface area contributed by atoms with E-state index >= 15 is 0 Å². The molecule has 1 aliphatic heterocycles. The van der Waals surface area contributed by atoms with Gasteiger partial charge in [-0.2, -0.15) is 4.68 Å². The summed E-state index contributed by atoms with van der Waals surface area (Å²) in [6.45, 7) is 2.69. The number of benzene rings is 2. The Bertz CT molecular complexity index is 1670. The highest BCUT2D eigenvalue weighted by molar-refractivity contribution is 7.20. The van der Waals surface area contributed by atoms with Gasteiger partial charge in [-0.05, 0) is 36.8 Å². The van der Waals surface area contributed by atoms with Gasteiger partial charge in [0, 0.05) is 11.9 Å². The molecule has 3 aromatic heterocycles. The van der Waals surface area contributed by atoms with Crippen LogP contribution < -0.4 is 16.1 Å². The van der Waals surface area contributed by atoms with Crippen LogP contribution in [0.3, 0.4) is 0 Å². The number of hydrogen-bond donors (Lipinski definition) is 1. The lowest BCUT2D eigenvalue weighted by Gasteiger charge is -2.30. The Balaban J connectivity index is 1.59. The highest BCUT2D eigenvalue weighted by Crippen LogP contribution is 2.24. The molecule has 0 amide bonds. The van der Waals surface area contributed by atoms with Gasteiger partial charge >= 0.3 is 0 Å². The van der Waals surface area contributed by atoms with Gasteiger partial charge in [-0.25, -0.2) is 15.0 Å². The normalized spacial score (nSPS) is 15.3. The van der Waals surface area contributed by atoms with E-state index < -0.39 is 6.23 Å². The third-order valence-corrected chi connectivity index (χ3v) is 7.23. The highest BCUT2D eigenvalue weighted by atomic mass is 32.1. The van der Waals surface area contributed by atoms with Crippen LogP contribution in [0.4, 0.5) is 0 Å². The number of para-hydroxylation sites is 1. The molecule has 0 aliphatic carbocycles. The molecule has 0 radical (unpaired) electrons. The highest BCUT2D eigenvalue weighted by Gasteiger charge is 2.26. The lowest BCUT2D eigenvalue weighted by molar-refractivity contribution is 0.0914. The van der Waals surface area contributed by atoms with Gasteiger partial charge in [-0.1, -0.05) is 53.8 Å². The van der Waals surface area contributed by atoms with Crippen molar-refractivity contribution < 1.29 is 5.11 Å². The van der Waals surface area contributed by atoms with Crippen molar-refractivity contribution in [2.75, 3.05) is 0 Å². The molecular weight excluding hydrogens is 460 g/mol. The fraction of sp³-hybridized carbons (Fsp3) is 0.154. The second-order valence-electron chi connectivity index (χ2n) is 8.38. The largest absolute Gasteiger partial charge is 0.370 e. The Morgan fingerprint density at radius 2 is 1.83 bits per heavy atom. The number of hydrogen-bond acceptors (Lipinski definition) is 7. The quantitative estimate of drug-likeness (QED) is 0.411. The van der Waals surface area contributed by atoms with E-state index in [1.54, 1.807) is 27.9 Å². The maximum absolute atomic E-state index is 14.0.